The molecule has 0 atom stereocenters. The summed E-state index contributed by atoms with van der Waals surface area (Å²) in [5, 5.41) is 8.28. The van der Waals surface area contributed by atoms with Crippen LogP contribution in [0.4, 0.5) is 0 Å². The first-order valence-electron chi connectivity index (χ1n) is 4.13. The van der Waals surface area contributed by atoms with E-state index in [1.54, 1.807) is 11.0 Å². The highest BCUT2D eigenvalue weighted by molar-refractivity contribution is 5.07. The van der Waals surface area contributed by atoms with Crippen LogP contribution in [0, 0.1) is 0 Å². The van der Waals surface area contributed by atoms with Gasteiger partial charge in [-0.3, -0.25) is 0 Å². The van der Waals surface area contributed by atoms with Gasteiger partial charge in [0, 0.05) is 12.5 Å². The second-order valence-corrected chi connectivity index (χ2v) is 3.64. The van der Waals surface area contributed by atoms with Gasteiger partial charge in [-0.2, -0.15) is 15.0 Å². The summed E-state index contributed by atoms with van der Waals surface area (Å²) in [6.45, 7) is 4.94. The average Bonchev–Trinajstić information content (AvgIpc) is 2.36. The third-order valence-electron chi connectivity index (χ3n) is 2.06. The molecule has 0 amide bonds. The molecular formula is C8H16N4. The molecule has 0 saturated carbocycles. The van der Waals surface area contributed by atoms with Gasteiger partial charge in [0.1, 0.15) is 0 Å². The molecule has 0 aliphatic carbocycles. The number of aryl methyl sites for hydroxylation is 1. The molecule has 0 saturated heterocycles. The minimum absolute atomic E-state index is 0.0447. The Labute approximate surface area is 72.8 Å². The Morgan fingerprint density at radius 1 is 1.58 bits per heavy atom. The van der Waals surface area contributed by atoms with Crippen molar-refractivity contribution in [3.63, 3.8) is 0 Å². The van der Waals surface area contributed by atoms with Gasteiger partial charge in [0.15, 0.2) is 0 Å². The van der Waals surface area contributed by atoms with Crippen molar-refractivity contribution in [1.82, 2.24) is 15.0 Å². The lowest BCUT2D eigenvalue weighted by molar-refractivity contribution is 0.465. The minimum atomic E-state index is 0.0447. The molecule has 0 bridgehead atoms. The first kappa shape index (κ1) is 9.19. The number of aromatic nitrogens is 3. The number of hydrogen-bond donors (Lipinski definition) is 1. The molecule has 0 fully saturated rings. The molecule has 0 aromatic carbocycles. The SMILES string of the molecule is Cn1ncc(C(C)(C)CCN)n1. The largest absolute Gasteiger partial charge is 0.330 e. The molecule has 0 unspecified atom stereocenters. The van der Waals surface area contributed by atoms with E-state index in [1.165, 1.54) is 0 Å². The third kappa shape index (κ3) is 1.82. The molecule has 68 valence electrons. The Morgan fingerprint density at radius 2 is 2.25 bits per heavy atom. The van der Waals surface area contributed by atoms with Crippen molar-refractivity contribution in [3.05, 3.63) is 11.9 Å². The molecule has 1 aromatic heterocycles. The zero-order valence-corrected chi connectivity index (χ0v) is 7.91. The van der Waals surface area contributed by atoms with E-state index < -0.39 is 0 Å². The van der Waals surface area contributed by atoms with E-state index >= 15 is 0 Å². The van der Waals surface area contributed by atoms with E-state index in [1.807, 2.05) is 7.05 Å². The van der Waals surface area contributed by atoms with Crippen LogP contribution in [0.25, 0.3) is 0 Å². The quantitative estimate of drug-likeness (QED) is 0.712. The molecule has 4 nitrogen and oxygen atoms in total. The fourth-order valence-corrected chi connectivity index (χ4v) is 1.14. The lowest BCUT2D eigenvalue weighted by Gasteiger charge is -2.20. The Hall–Kier alpha value is -0.900. The molecule has 12 heavy (non-hydrogen) atoms. The summed E-state index contributed by atoms with van der Waals surface area (Å²) in [6.07, 6.45) is 2.74. The van der Waals surface area contributed by atoms with Crippen molar-refractivity contribution in [2.24, 2.45) is 12.8 Å². The van der Waals surface area contributed by atoms with Gasteiger partial charge < -0.3 is 5.73 Å². The summed E-state index contributed by atoms with van der Waals surface area (Å²) in [5.74, 6) is 0. The second-order valence-electron chi connectivity index (χ2n) is 3.64. The predicted molar refractivity (Wildman–Crippen MR) is 47.7 cm³/mol. The van der Waals surface area contributed by atoms with E-state index in [-0.39, 0.29) is 5.41 Å². The molecule has 1 rings (SSSR count). The van der Waals surface area contributed by atoms with Gasteiger partial charge in [0.25, 0.3) is 0 Å². The van der Waals surface area contributed by atoms with Gasteiger partial charge in [0.2, 0.25) is 0 Å². The van der Waals surface area contributed by atoms with Crippen LogP contribution in [0.15, 0.2) is 6.20 Å². The van der Waals surface area contributed by atoms with Crippen molar-refractivity contribution in [3.8, 4) is 0 Å². The molecule has 0 radical (unpaired) electrons. The average molecular weight is 168 g/mol. The fraction of sp³-hybridized carbons (Fsp3) is 0.750. The van der Waals surface area contributed by atoms with Gasteiger partial charge >= 0.3 is 0 Å². The van der Waals surface area contributed by atoms with Gasteiger partial charge in [-0.15, -0.1) is 0 Å². The van der Waals surface area contributed by atoms with Crippen molar-refractivity contribution in [2.45, 2.75) is 25.7 Å². The number of rotatable bonds is 3. The Bertz CT molecular complexity index is 251. The Balaban J connectivity index is 2.81. The number of nitrogens with zero attached hydrogens (tertiary/aromatic N) is 3. The molecule has 0 aliphatic rings. The van der Waals surface area contributed by atoms with Crippen LogP contribution in [0.1, 0.15) is 26.0 Å². The summed E-state index contributed by atoms with van der Waals surface area (Å²) in [7, 11) is 1.82. The predicted octanol–water partition coefficient (Wildman–Crippen LogP) is 0.442. The molecule has 1 aromatic rings. The lowest BCUT2D eigenvalue weighted by Crippen LogP contribution is -2.22. The smallest absolute Gasteiger partial charge is 0.0883 e. The maximum atomic E-state index is 5.50. The van der Waals surface area contributed by atoms with Crippen LogP contribution < -0.4 is 5.73 Å². The standard InChI is InChI=1S/C8H16N4/c1-8(2,4-5-9)7-6-10-12(3)11-7/h6H,4-5,9H2,1-3H3. The Kier molecular flexibility index (Phi) is 2.47. The highest BCUT2D eigenvalue weighted by Crippen LogP contribution is 2.23. The van der Waals surface area contributed by atoms with E-state index in [9.17, 15) is 0 Å². The van der Waals surface area contributed by atoms with E-state index in [2.05, 4.69) is 24.0 Å². The summed E-state index contributed by atoms with van der Waals surface area (Å²) < 4.78 is 0. The highest BCUT2D eigenvalue weighted by Gasteiger charge is 2.22. The summed E-state index contributed by atoms with van der Waals surface area (Å²) >= 11 is 0. The molecule has 0 aliphatic heterocycles. The van der Waals surface area contributed by atoms with Crippen molar-refractivity contribution < 1.29 is 0 Å². The van der Waals surface area contributed by atoms with E-state index in [0.717, 1.165) is 12.1 Å². The maximum Gasteiger partial charge on any atom is 0.0883 e. The maximum absolute atomic E-state index is 5.50. The molecular weight excluding hydrogens is 152 g/mol. The molecule has 1 heterocycles. The fourth-order valence-electron chi connectivity index (χ4n) is 1.14. The zero-order valence-electron chi connectivity index (χ0n) is 7.91. The van der Waals surface area contributed by atoms with Gasteiger partial charge in [-0.1, -0.05) is 13.8 Å². The Morgan fingerprint density at radius 3 is 2.67 bits per heavy atom. The molecule has 0 spiro atoms. The number of nitrogens with two attached hydrogens (primary N) is 1. The van der Waals surface area contributed by atoms with Crippen molar-refractivity contribution in [1.29, 1.82) is 0 Å². The van der Waals surface area contributed by atoms with Crippen molar-refractivity contribution >= 4 is 0 Å². The first-order chi connectivity index (χ1) is 5.56. The van der Waals surface area contributed by atoms with E-state index in [4.69, 9.17) is 5.73 Å². The van der Waals surface area contributed by atoms with Crippen LogP contribution >= 0.6 is 0 Å². The number of hydrogen-bond acceptors (Lipinski definition) is 3. The zero-order chi connectivity index (χ0) is 9.19. The lowest BCUT2D eigenvalue weighted by atomic mass is 9.86. The summed E-state index contributed by atoms with van der Waals surface area (Å²) in [5.41, 5.74) is 6.56. The third-order valence-corrected chi connectivity index (χ3v) is 2.06. The normalized spacial score (nSPS) is 12.0. The van der Waals surface area contributed by atoms with Crippen LogP contribution in [-0.2, 0) is 12.5 Å². The topological polar surface area (TPSA) is 56.7 Å². The van der Waals surface area contributed by atoms with Gasteiger partial charge in [-0.25, -0.2) is 0 Å². The first-order valence-corrected chi connectivity index (χ1v) is 4.13. The molecule has 4 heteroatoms. The van der Waals surface area contributed by atoms with Crippen LogP contribution in [0.3, 0.4) is 0 Å². The van der Waals surface area contributed by atoms with Crippen LogP contribution in [0.2, 0.25) is 0 Å². The van der Waals surface area contributed by atoms with Crippen LogP contribution in [0.5, 0.6) is 0 Å². The van der Waals surface area contributed by atoms with Crippen LogP contribution in [-0.4, -0.2) is 21.5 Å². The summed E-state index contributed by atoms with van der Waals surface area (Å²) in [4.78, 5) is 1.58. The van der Waals surface area contributed by atoms with Gasteiger partial charge in [0.05, 0.1) is 11.9 Å². The highest BCUT2D eigenvalue weighted by atomic mass is 15.4. The monoisotopic (exact) mass is 168 g/mol. The summed E-state index contributed by atoms with van der Waals surface area (Å²) in [6, 6.07) is 0. The van der Waals surface area contributed by atoms with Crippen molar-refractivity contribution in [2.75, 3.05) is 6.54 Å². The van der Waals surface area contributed by atoms with Gasteiger partial charge in [-0.05, 0) is 13.0 Å². The second kappa shape index (κ2) is 3.23. The molecule has 2 N–H and O–H groups in total. The minimum Gasteiger partial charge on any atom is -0.330 e. The van der Waals surface area contributed by atoms with E-state index in [0.29, 0.717) is 6.54 Å².